The smallest absolute Gasteiger partial charge is 0.282 e. The third-order valence-corrected chi connectivity index (χ3v) is 6.00. The quantitative estimate of drug-likeness (QED) is 0.261. The molecule has 2 aromatic heterocycles. The van der Waals surface area contributed by atoms with Crippen LogP contribution in [0.3, 0.4) is 0 Å². The Kier molecular flexibility index (Phi) is 6.20. The Morgan fingerprint density at radius 1 is 1.16 bits per heavy atom. The number of nitrogens with zero attached hydrogens (tertiary/aromatic N) is 3. The van der Waals surface area contributed by atoms with E-state index >= 15 is 0 Å². The van der Waals surface area contributed by atoms with Crippen molar-refractivity contribution in [1.82, 2.24) is 9.66 Å². The maximum atomic E-state index is 14.2. The van der Waals surface area contributed by atoms with Gasteiger partial charge in [0.05, 0.1) is 22.7 Å². The number of aromatic nitrogens is 2. The number of halogens is 3. The summed E-state index contributed by atoms with van der Waals surface area (Å²) in [6.07, 6.45) is 2.25. The molecule has 0 aliphatic carbocycles. The van der Waals surface area contributed by atoms with Gasteiger partial charge in [0.15, 0.2) is 0 Å². The molecule has 4 rings (SSSR count). The third-order valence-electron chi connectivity index (χ3n) is 5.01. The maximum Gasteiger partial charge on any atom is 0.282 e. The van der Waals surface area contributed by atoms with Gasteiger partial charge in [-0.15, -0.1) is 0 Å². The number of benzene rings is 2. The summed E-state index contributed by atoms with van der Waals surface area (Å²) in [6.45, 7) is 4.03. The molecule has 8 heteroatoms. The summed E-state index contributed by atoms with van der Waals surface area (Å²) >= 11 is 6.64. The van der Waals surface area contributed by atoms with Gasteiger partial charge in [-0.1, -0.05) is 45.7 Å². The lowest BCUT2D eigenvalue weighted by atomic mass is 10.1. The van der Waals surface area contributed by atoms with Crippen molar-refractivity contribution in [3.05, 3.63) is 85.2 Å². The number of hydrogen-bond acceptors (Lipinski definition) is 4. The van der Waals surface area contributed by atoms with Crippen molar-refractivity contribution in [3.8, 4) is 11.3 Å². The van der Waals surface area contributed by atoms with Crippen molar-refractivity contribution < 1.29 is 8.81 Å². The highest BCUT2D eigenvalue weighted by Gasteiger charge is 2.16. The van der Waals surface area contributed by atoms with E-state index in [1.54, 1.807) is 30.3 Å². The fourth-order valence-corrected chi connectivity index (χ4v) is 3.84. The van der Waals surface area contributed by atoms with Gasteiger partial charge in [0, 0.05) is 14.9 Å². The highest BCUT2D eigenvalue weighted by atomic mass is 79.9. The molecule has 0 aliphatic heterocycles. The van der Waals surface area contributed by atoms with Crippen LogP contribution in [-0.4, -0.2) is 15.9 Å². The monoisotopic (exact) mass is 545 g/mol. The molecule has 4 aromatic rings. The van der Waals surface area contributed by atoms with Crippen LogP contribution in [0.15, 0.2) is 71.8 Å². The largest absolute Gasteiger partial charge is 0.455 e. The second-order valence-electron chi connectivity index (χ2n) is 7.13. The molecule has 0 unspecified atom stereocenters. The summed E-state index contributed by atoms with van der Waals surface area (Å²) in [7, 11) is 0. The van der Waals surface area contributed by atoms with Crippen molar-refractivity contribution in [3.63, 3.8) is 0 Å². The van der Waals surface area contributed by atoms with Gasteiger partial charge in [0.1, 0.15) is 23.2 Å². The lowest BCUT2D eigenvalue weighted by Gasteiger charge is -2.13. The number of hydrogen-bond donors (Lipinski definition) is 0. The standard InChI is InChI=1S/C23H18Br2FN3O2/c1-3-13(2)22-28-20-8-5-14(24)10-18(20)23(30)29(22)27-12-16-6-9-21(31-16)17-7-4-15(25)11-19(17)26/h4-13H,3H2,1-2H3/t13-/m0/s1. The number of fused-ring (bicyclic) bond motifs is 1. The van der Waals surface area contributed by atoms with E-state index in [0.29, 0.717) is 38.3 Å². The summed E-state index contributed by atoms with van der Waals surface area (Å²) in [5.74, 6) is 0.980. The first-order valence-corrected chi connectivity index (χ1v) is 11.3. The Hall–Kier alpha value is -2.58. The first kappa shape index (κ1) is 21.6. The summed E-state index contributed by atoms with van der Waals surface area (Å²) in [6, 6.07) is 13.5. The van der Waals surface area contributed by atoms with Crippen LogP contribution in [0.25, 0.3) is 22.2 Å². The van der Waals surface area contributed by atoms with Crippen molar-refractivity contribution in [2.24, 2.45) is 5.10 Å². The third kappa shape index (κ3) is 4.41. The molecule has 2 aromatic carbocycles. The zero-order valence-electron chi connectivity index (χ0n) is 16.8. The molecule has 158 valence electrons. The van der Waals surface area contributed by atoms with Crippen LogP contribution in [0, 0.1) is 5.82 Å². The first-order valence-electron chi connectivity index (χ1n) is 9.69. The zero-order valence-corrected chi connectivity index (χ0v) is 19.9. The molecule has 0 saturated heterocycles. The van der Waals surface area contributed by atoms with Crippen LogP contribution in [0.5, 0.6) is 0 Å². The molecule has 0 bridgehead atoms. The minimum Gasteiger partial charge on any atom is -0.455 e. The van der Waals surface area contributed by atoms with Crippen molar-refractivity contribution >= 4 is 49.0 Å². The lowest BCUT2D eigenvalue weighted by Crippen LogP contribution is -2.23. The van der Waals surface area contributed by atoms with Crippen LogP contribution in [0.4, 0.5) is 4.39 Å². The Labute approximate surface area is 194 Å². The molecule has 0 N–H and O–H groups in total. The van der Waals surface area contributed by atoms with E-state index in [0.717, 1.165) is 10.9 Å². The van der Waals surface area contributed by atoms with Crippen LogP contribution in [0.2, 0.25) is 0 Å². The van der Waals surface area contributed by atoms with Gasteiger partial charge >= 0.3 is 0 Å². The molecular weight excluding hydrogens is 529 g/mol. The van der Waals surface area contributed by atoms with Gasteiger partial charge < -0.3 is 4.42 Å². The number of rotatable bonds is 5. The van der Waals surface area contributed by atoms with E-state index in [1.807, 2.05) is 26.0 Å². The van der Waals surface area contributed by atoms with Gasteiger partial charge in [-0.3, -0.25) is 4.79 Å². The SMILES string of the molecule is CC[C@H](C)c1nc2ccc(Br)cc2c(=O)n1N=Cc1ccc(-c2ccc(Br)cc2F)o1. The molecule has 0 amide bonds. The summed E-state index contributed by atoms with van der Waals surface area (Å²) < 4.78 is 22.7. The number of furan rings is 1. The minimum atomic E-state index is -0.396. The van der Waals surface area contributed by atoms with Crippen LogP contribution in [-0.2, 0) is 0 Å². The fraction of sp³-hybridized carbons (Fsp3) is 0.174. The van der Waals surface area contributed by atoms with Gasteiger partial charge in [-0.25, -0.2) is 9.37 Å². The van der Waals surface area contributed by atoms with Gasteiger partial charge in [0.2, 0.25) is 0 Å². The van der Waals surface area contributed by atoms with Gasteiger partial charge in [-0.05, 0) is 55.0 Å². The van der Waals surface area contributed by atoms with Gasteiger partial charge in [0.25, 0.3) is 5.56 Å². The van der Waals surface area contributed by atoms with E-state index in [9.17, 15) is 9.18 Å². The Morgan fingerprint density at radius 3 is 2.65 bits per heavy atom. The molecule has 0 fully saturated rings. The lowest BCUT2D eigenvalue weighted by molar-refractivity contribution is 0.561. The Bertz CT molecular complexity index is 1360. The molecule has 1 atom stereocenters. The summed E-state index contributed by atoms with van der Waals surface area (Å²) in [4.78, 5) is 17.8. The maximum absolute atomic E-state index is 14.2. The average molecular weight is 547 g/mol. The van der Waals surface area contributed by atoms with Crippen LogP contribution < -0.4 is 5.56 Å². The van der Waals surface area contributed by atoms with E-state index in [4.69, 9.17) is 4.42 Å². The van der Waals surface area contributed by atoms with E-state index in [-0.39, 0.29) is 11.5 Å². The minimum absolute atomic E-state index is 0.0296. The second-order valence-corrected chi connectivity index (χ2v) is 8.96. The predicted octanol–water partition coefficient (Wildman–Crippen LogP) is 6.72. The topological polar surface area (TPSA) is 60.4 Å². The highest BCUT2D eigenvalue weighted by Crippen LogP contribution is 2.27. The molecule has 0 aliphatic rings. The summed E-state index contributed by atoms with van der Waals surface area (Å²) in [5, 5.41) is 4.84. The zero-order chi connectivity index (χ0) is 22.1. The van der Waals surface area contributed by atoms with Gasteiger partial charge in [-0.2, -0.15) is 9.78 Å². The Morgan fingerprint density at radius 2 is 1.90 bits per heavy atom. The normalized spacial score (nSPS) is 12.7. The molecule has 5 nitrogen and oxygen atoms in total. The average Bonchev–Trinajstić information content (AvgIpc) is 3.21. The summed E-state index contributed by atoms with van der Waals surface area (Å²) in [5.41, 5.74) is 0.710. The van der Waals surface area contributed by atoms with Crippen LogP contribution in [0.1, 0.15) is 37.8 Å². The van der Waals surface area contributed by atoms with Crippen LogP contribution >= 0.6 is 31.9 Å². The van der Waals surface area contributed by atoms with Crippen molar-refractivity contribution in [2.75, 3.05) is 0 Å². The van der Waals surface area contributed by atoms with E-state index in [1.165, 1.54) is 17.0 Å². The molecule has 0 spiro atoms. The second kappa shape index (κ2) is 8.88. The van der Waals surface area contributed by atoms with Crippen molar-refractivity contribution in [1.29, 1.82) is 0 Å². The molecule has 0 saturated carbocycles. The first-order chi connectivity index (χ1) is 14.9. The Balaban J connectivity index is 1.76. The predicted molar refractivity (Wildman–Crippen MR) is 127 cm³/mol. The molecule has 0 radical (unpaired) electrons. The van der Waals surface area contributed by atoms with E-state index in [2.05, 4.69) is 41.9 Å². The molecule has 2 heterocycles. The van der Waals surface area contributed by atoms with Crippen molar-refractivity contribution in [2.45, 2.75) is 26.2 Å². The molecular formula is C23H18Br2FN3O2. The fourth-order valence-electron chi connectivity index (χ4n) is 3.15. The highest BCUT2D eigenvalue weighted by molar-refractivity contribution is 9.10. The van der Waals surface area contributed by atoms with E-state index < -0.39 is 5.82 Å². The molecule has 31 heavy (non-hydrogen) atoms.